The molecule has 0 fully saturated rings. The maximum atomic E-state index is 8.92. The Hall–Kier alpha value is 1.92. The second kappa shape index (κ2) is 6.05. The van der Waals surface area contributed by atoms with Crippen molar-refractivity contribution in [3.05, 3.63) is 0 Å². The van der Waals surface area contributed by atoms with E-state index in [1.807, 2.05) is 0 Å². The van der Waals surface area contributed by atoms with Gasteiger partial charge in [-0.05, 0) is 0 Å². The van der Waals surface area contributed by atoms with E-state index in [0.29, 0.717) is 0 Å². The van der Waals surface area contributed by atoms with Gasteiger partial charge in [0, 0.05) is 0 Å². The summed E-state index contributed by atoms with van der Waals surface area (Å²) in [6.07, 6.45) is 0. The van der Waals surface area contributed by atoms with E-state index in [9.17, 15) is 0 Å². The molecule has 0 spiro atoms. The second-order valence-corrected chi connectivity index (χ2v) is 2.68. The zero-order chi connectivity index (χ0) is 4.50. The first-order valence-electron chi connectivity index (χ1n) is 0.730. The quantitative estimate of drug-likeness (QED) is 0.350. The largest absolute Gasteiger partial charge is 3.00 e. The molecular formula is CuInO3PS+2. The molecule has 0 saturated carbocycles. The van der Waals surface area contributed by atoms with Crippen LogP contribution in [0.25, 0.3) is 0 Å². The van der Waals surface area contributed by atoms with Gasteiger partial charge in [0.1, 0.15) is 0 Å². The van der Waals surface area contributed by atoms with Crippen LogP contribution in [0.2, 0.25) is 0 Å². The van der Waals surface area contributed by atoms with Crippen LogP contribution in [0.5, 0.6) is 0 Å². The van der Waals surface area contributed by atoms with E-state index in [4.69, 9.17) is 14.7 Å². The third kappa shape index (κ3) is 75.3. The van der Waals surface area contributed by atoms with E-state index in [2.05, 4.69) is 11.8 Å². The second-order valence-electron chi connectivity index (χ2n) is 0.447. The van der Waals surface area contributed by atoms with Gasteiger partial charge in [-0.25, -0.2) is 0 Å². The maximum absolute atomic E-state index is 8.92. The standard InChI is InChI=1S/Cu.In.H3O3PS/c;;1-4(2,3)5/h;;(H3,1,2,3,5)/q+2;+3;/p-3. The molecule has 3 nitrogen and oxygen atoms in total. The zero-order valence-corrected chi connectivity index (χ0v) is 8.91. The predicted molar refractivity (Wildman–Crippen MR) is 20.0 cm³/mol. The molecule has 0 rings (SSSR count). The van der Waals surface area contributed by atoms with Gasteiger partial charge in [-0.2, -0.15) is 11.8 Å². The average molecular weight is 289 g/mol. The minimum atomic E-state index is -4.56. The van der Waals surface area contributed by atoms with Gasteiger partial charge in [0.2, 0.25) is 0 Å². The molecule has 0 aromatic heterocycles. The van der Waals surface area contributed by atoms with Gasteiger partial charge in [-0.15, -0.1) is 0 Å². The molecule has 41 valence electrons. The van der Waals surface area contributed by atoms with Crippen LogP contribution in [-0.4, -0.2) is 25.8 Å². The van der Waals surface area contributed by atoms with E-state index in [1.54, 1.807) is 0 Å². The molecule has 0 aliphatic heterocycles. The van der Waals surface area contributed by atoms with Crippen molar-refractivity contribution < 1.29 is 31.7 Å². The van der Waals surface area contributed by atoms with Crippen LogP contribution < -0.4 is 14.7 Å². The van der Waals surface area contributed by atoms with Crippen molar-refractivity contribution in [1.82, 2.24) is 0 Å². The summed E-state index contributed by atoms with van der Waals surface area (Å²) in [4.78, 5) is 26.8. The van der Waals surface area contributed by atoms with E-state index >= 15 is 0 Å². The van der Waals surface area contributed by atoms with Crippen molar-refractivity contribution in [2.24, 2.45) is 0 Å². The molecule has 0 saturated heterocycles. The predicted octanol–water partition coefficient (Wildman–Crippen LogP) is -3.09. The Balaban J connectivity index is -0.0000000800. The number of rotatable bonds is 0. The van der Waals surface area contributed by atoms with Gasteiger partial charge in [-0.1, -0.05) is 0 Å². The third-order valence-corrected chi connectivity index (χ3v) is 0. The van der Waals surface area contributed by atoms with Gasteiger partial charge in [0.05, 0.1) is 0 Å². The third-order valence-electron chi connectivity index (χ3n) is 0. The molecule has 0 aromatic carbocycles. The fourth-order valence-corrected chi connectivity index (χ4v) is 0. The summed E-state index contributed by atoms with van der Waals surface area (Å²) < 4.78 is 0. The Kier molecular flexibility index (Phi) is 13.8. The summed E-state index contributed by atoms with van der Waals surface area (Å²) in [6.45, 7) is -4.56. The first-order chi connectivity index (χ1) is 2.00. The van der Waals surface area contributed by atoms with Gasteiger partial charge in [-0.3, -0.25) is 0 Å². The summed E-state index contributed by atoms with van der Waals surface area (Å²) >= 11 is 3.27. The number of hydrogen-bond donors (Lipinski definition) is 0. The molecule has 7 heteroatoms. The van der Waals surface area contributed by atoms with E-state index in [1.165, 1.54) is 0 Å². The monoisotopic (exact) mass is 289 g/mol. The Morgan fingerprint density at radius 2 is 1.14 bits per heavy atom. The van der Waals surface area contributed by atoms with Crippen molar-refractivity contribution in [2.45, 2.75) is 0 Å². The Morgan fingerprint density at radius 3 is 1.14 bits per heavy atom. The molecule has 0 bridgehead atoms. The van der Waals surface area contributed by atoms with Gasteiger partial charge >= 0.3 is 42.9 Å². The number of hydrogen-bond acceptors (Lipinski definition) is 4. The topological polar surface area (TPSA) is 69.2 Å². The molecule has 0 aliphatic rings. The molecule has 0 atom stereocenters. The molecule has 0 N–H and O–H groups in total. The summed E-state index contributed by atoms with van der Waals surface area (Å²) in [5.74, 6) is 0. The first kappa shape index (κ1) is 16.0. The van der Waals surface area contributed by atoms with Crippen molar-refractivity contribution in [3.63, 3.8) is 0 Å². The molecule has 0 aliphatic carbocycles. The molecule has 1 radical (unpaired) electrons. The smallest absolute Gasteiger partial charge is 0.844 e. The van der Waals surface area contributed by atoms with Crippen LogP contribution in [0.4, 0.5) is 0 Å². The maximum Gasteiger partial charge on any atom is 3.00 e. The van der Waals surface area contributed by atoms with Gasteiger partial charge < -0.3 is 21.4 Å². The Bertz CT molecular complexity index is 61.1. The average Bonchev–Trinajstić information content (AvgIpc) is 0.722. The minimum absolute atomic E-state index is 0. The SMILES string of the molecule is [Cu+2].[In+3].[O-]P([O-])([O-])=S. The van der Waals surface area contributed by atoms with Crippen LogP contribution in [0, 0.1) is 0 Å². The summed E-state index contributed by atoms with van der Waals surface area (Å²) in [5.41, 5.74) is 0. The van der Waals surface area contributed by atoms with Crippen molar-refractivity contribution in [3.8, 4) is 0 Å². The molecule has 0 amide bonds. The molecule has 0 aromatic rings. The van der Waals surface area contributed by atoms with E-state index in [-0.39, 0.29) is 42.9 Å². The Morgan fingerprint density at radius 1 is 1.14 bits per heavy atom. The Labute approximate surface area is 75.6 Å². The fraction of sp³-hybridized carbons (Fsp3) is 0. The van der Waals surface area contributed by atoms with Crippen molar-refractivity contribution in [2.75, 3.05) is 0 Å². The van der Waals surface area contributed by atoms with Crippen LogP contribution in [0.15, 0.2) is 0 Å². The normalized spacial score (nSPS) is 8.43. The summed E-state index contributed by atoms with van der Waals surface area (Å²) in [7, 11) is 0. The van der Waals surface area contributed by atoms with Crippen LogP contribution in [0.1, 0.15) is 0 Å². The van der Waals surface area contributed by atoms with Gasteiger partial charge in [0.15, 0.2) is 0 Å². The summed E-state index contributed by atoms with van der Waals surface area (Å²) in [6, 6.07) is 0. The first-order valence-corrected chi connectivity index (χ1v) is 3.29. The fourth-order valence-electron chi connectivity index (χ4n) is 0. The molecule has 7 heavy (non-hydrogen) atoms. The van der Waals surface area contributed by atoms with Crippen molar-refractivity contribution in [1.29, 1.82) is 0 Å². The molecule has 0 unspecified atom stereocenters. The molecule has 0 heterocycles. The van der Waals surface area contributed by atoms with Crippen LogP contribution in [0.3, 0.4) is 0 Å². The zero-order valence-electron chi connectivity index (χ0n) is 2.96. The van der Waals surface area contributed by atoms with Crippen LogP contribution in [-0.2, 0) is 28.9 Å². The van der Waals surface area contributed by atoms with E-state index < -0.39 is 6.72 Å². The molecular weight excluding hydrogens is 289 g/mol. The van der Waals surface area contributed by atoms with Crippen molar-refractivity contribution >= 4 is 44.4 Å². The van der Waals surface area contributed by atoms with E-state index in [0.717, 1.165) is 0 Å². The van der Waals surface area contributed by atoms with Gasteiger partial charge in [0.25, 0.3) is 0 Å². The minimum Gasteiger partial charge on any atom is -0.844 e. The van der Waals surface area contributed by atoms with Crippen LogP contribution >= 0.6 is 6.72 Å². The summed E-state index contributed by atoms with van der Waals surface area (Å²) in [5, 5.41) is 0.